The zero-order chi connectivity index (χ0) is 25.3. The summed E-state index contributed by atoms with van der Waals surface area (Å²) in [5.74, 6) is -0.375. The van der Waals surface area contributed by atoms with Crippen LogP contribution in [0.25, 0.3) is 0 Å². The predicted octanol–water partition coefficient (Wildman–Crippen LogP) is 3.45. The Morgan fingerprint density at radius 1 is 1.15 bits per heavy atom. The Morgan fingerprint density at radius 3 is 2.47 bits per heavy atom. The van der Waals surface area contributed by atoms with Crippen molar-refractivity contribution in [1.82, 2.24) is 10.2 Å². The molecule has 1 atom stereocenters. The molecule has 34 heavy (non-hydrogen) atoms. The Kier molecular flexibility index (Phi) is 10.2. The van der Waals surface area contributed by atoms with Gasteiger partial charge in [-0.3, -0.25) is 13.9 Å². The van der Waals surface area contributed by atoms with E-state index < -0.39 is 28.5 Å². The molecule has 0 saturated carbocycles. The molecule has 2 rings (SSSR count). The van der Waals surface area contributed by atoms with Gasteiger partial charge in [0.25, 0.3) is 0 Å². The van der Waals surface area contributed by atoms with E-state index in [0.29, 0.717) is 17.3 Å². The van der Waals surface area contributed by atoms with Crippen LogP contribution in [0.15, 0.2) is 48.5 Å². The maximum atomic E-state index is 13.5. The molecule has 2 aromatic carbocycles. The van der Waals surface area contributed by atoms with E-state index in [0.717, 1.165) is 29.0 Å². The maximum absolute atomic E-state index is 13.5. The summed E-state index contributed by atoms with van der Waals surface area (Å²) in [7, 11) is -2.33. The molecule has 0 aliphatic carbocycles. The van der Waals surface area contributed by atoms with Crippen LogP contribution in [-0.4, -0.2) is 57.6 Å². The second-order valence-corrected chi connectivity index (χ2v) is 10.3. The summed E-state index contributed by atoms with van der Waals surface area (Å²) in [5, 5.41) is 3.34. The van der Waals surface area contributed by atoms with E-state index in [4.69, 9.17) is 16.3 Å². The van der Waals surface area contributed by atoms with E-state index in [1.165, 1.54) is 18.1 Å². The minimum atomic E-state index is -3.81. The number of halogens is 1. The maximum Gasteiger partial charge on any atom is 0.244 e. The van der Waals surface area contributed by atoms with Crippen LogP contribution in [-0.2, 0) is 26.2 Å². The second-order valence-electron chi connectivity index (χ2n) is 7.94. The highest BCUT2D eigenvalue weighted by molar-refractivity contribution is 7.92. The lowest BCUT2D eigenvalue weighted by molar-refractivity contribution is -0.139. The number of ether oxygens (including phenoxy) is 1. The summed E-state index contributed by atoms with van der Waals surface area (Å²) in [6.07, 6.45) is 2.77. The van der Waals surface area contributed by atoms with Crippen molar-refractivity contribution in [3.63, 3.8) is 0 Å². The zero-order valence-electron chi connectivity index (χ0n) is 20.0. The highest BCUT2D eigenvalue weighted by atomic mass is 35.5. The summed E-state index contributed by atoms with van der Waals surface area (Å²) in [4.78, 5) is 27.6. The first-order valence-electron chi connectivity index (χ1n) is 11.0. The average molecular weight is 510 g/mol. The van der Waals surface area contributed by atoms with Gasteiger partial charge in [0, 0.05) is 24.2 Å². The molecule has 0 aliphatic heterocycles. The number of amides is 2. The van der Waals surface area contributed by atoms with Crippen LogP contribution in [0.4, 0.5) is 5.69 Å². The van der Waals surface area contributed by atoms with E-state index in [2.05, 4.69) is 5.32 Å². The van der Waals surface area contributed by atoms with Gasteiger partial charge < -0.3 is 15.0 Å². The molecule has 186 valence electrons. The van der Waals surface area contributed by atoms with E-state index in [1.54, 1.807) is 49.4 Å². The Labute approximate surface area is 206 Å². The molecular formula is C24H32ClN3O5S. The lowest BCUT2D eigenvalue weighted by Crippen LogP contribution is -2.51. The third-order valence-electron chi connectivity index (χ3n) is 5.26. The van der Waals surface area contributed by atoms with Crippen LogP contribution in [0.3, 0.4) is 0 Å². The van der Waals surface area contributed by atoms with Crippen molar-refractivity contribution in [3.05, 3.63) is 59.1 Å². The lowest BCUT2D eigenvalue weighted by Gasteiger charge is -2.31. The third kappa shape index (κ3) is 7.92. The van der Waals surface area contributed by atoms with Gasteiger partial charge in [0.1, 0.15) is 18.3 Å². The highest BCUT2D eigenvalue weighted by Crippen LogP contribution is 2.24. The predicted molar refractivity (Wildman–Crippen MR) is 135 cm³/mol. The molecular weight excluding hydrogens is 478 g/mol. The summed E-state index contributed by atoms with van der Waals surface area (Å²) in [5.41, 5.74) is 1.01. The molecule has 1 N–H and O–H groups in total. The van der Waals surface area contributed by atoms with Gasteiger partial charge in [-0.15, -0.1) is 0 Å². The van der Waals surface area contributed by atoms with Gasteiger partial charge >= 0.3 is 0 Å². The van der Waals surface area contributed by atoms with Gasteiger partial charge in [-0.05, 0) is 43.2 Å². The van der Waals surface area contributed by atoms with E-state index >= 15 is 0 Å². The number of anilines is 1. The number of carbonyl (C=O) groups excluding carboxylic acids is 2. The molecule has 2 aromatic rings. The molecule has 0 aliphatic rings. The van der Waals surface area contributed by atoms with Crippen molar-refractivity contribution in [3.8, 4) is 5.75 Å². The number of unbranched alkanes of at least 4 members (excludes halogenated alkanes) is 1. The Balaban J connectivity index is 2.36. The standard InChI is InChI=1S/C24H32ClN3O5S/c1-5-6-13-26-24(30)18(2)27(16-19-9-7-10-20(25)14-19)23(29)17-28(34(4,31)32)21-11-8-12-22(15-21)33-3/h7-12,14-15,18H,5-6,13,16-17H2,1-4H3,(H,26,30). The molecule has 0 bridgehead atoms. The van der Waals surface area contributed by atoms with Crippen LogP contribution in [0.1, 0.15) is 32.3 Å². The minimum absolute atomic E-state index is 0.0947. The zero-order valence-corrected chi connectivity index (χ0v) is 21.5. The second kappa shape index (κ2) is 12.6. The van der Waals surface area contributed by atoms with E-state index in [1.807, 2.05) is 6.92 Å². The highest BCUT2D eigenvalue weighted by Gasteiger charge is 2.30. The van der Waals surface area contributed by atoms with Crippen LogP contribution < -0.4 is 14.4 Å². The largest absolute Gasteiger partial charge is 0.497 e. The van der Waals surface area contributed by atoms with Crippen LogP contribution >= 0.6 is 11.6 Å². The van der Waals surface area contributed by atoms with Gasteiger partial charge in [-0.25, -0.2) is 8.42 Å². The summed E-state index contributed by atoms with van der Waals surface area (Å²) in [6, 6.07) is 12.6. The number of benzene rings is 2. The topological polar surface area (TPSA) is 96.0 Å². The molecule has 2 amide bonds. The molecule has 0 heterocycles. The first kappa shape index (κ1) is 27.5. The number of nitrogens with zero attached hydrogens (tertiary/aromatic N) is 2. The Morgan fingerprint density at radius 2 is 1.85 bits per heavy atom. The smallest absolute Gasteiger partial charge is 0.244 e. The van der Waals surface area contributed by atoms with Gasteiger partial charge in [0.2, 0.25) is 21.8 Å². The van der Waals surface area contributed by atoms with Gasteiger partial charge in [-0.2, -0.15) is 0 Å². The fourth-order valence-electron chi connectivity index (χ4n) is 3.33. The fraction of sp³-hybridized carbons (Fsp3) is 0.417. The van der Waals surface area contributed by atoms with E-state index in [9.17, 15) is 18.0 Å². The number of sulfonamides is 1. The molecule has 0 fully saturated rings. The molecule has 0 aromatic heterocycles. The number of rotatable bonds is 12. The van der Waals surface area contributed by atoms with Crippen molar-refractivity contribution in [2.45, 2.75) is 39.3 Å². The quantitative estimate of drug-likeness (QED) is 0.442. The molecule has 1 unspecified atom stereocenters. The molecule has 0 radical (unpaired) electrons. The van der Waals surface area contributed by atoms with Gasteiger partial charge in [0.15, 0.2) is 0 Å². The summed E-state index contributed by atoms with van der Waals surface area (Å²) in [6.45, 7) is 3.76. The SMILES string of the molecule is CCCCNC(=O)C(C)N(Cc1cccc(Cl)c1)C(=O)CN(c1cccc(OC)c1)S(C)(=O)=O. The Hall–Kier alpha value is -2.78. The number of hydrogen-bond donors (Lipinski definition) is 1. The van der Waals surface area contributed by atoms with Crippen molar-refractivity contribution < 1.29 is 22.7 Å². The van der Waals surface area contributed by atoms with Gasteiger partial charge in [0.05, 0.1) is 19.1 Å². The number of nitrogens with one attached hydrogen (secondary N) is 1. The molecule has 8 nitrogen and oxygen atoms in total. The fourth-order valence-corrected chi connectivity index (χ4v) is 4.38. The van der Waals surface area contributed by atoms with Crippen LogP contribution in [0, 0.1) is 0 Å². The minimum Gasteiger partial charge on any atom is -0.497 e. The van der Waals surface area contributed by atoms with Crippen molar-refractivity contribution in [2.24, 2.45) is 0 Å². The van der Waals surface area contributed by atoms with E-state index in [-0.39, 0.29) is 18.1 Å². The van der Waals surface area contributed by atoms with Crippen LogP contribution in [0.5, 0.6) is 5.75 Å². The number of methoxy groups -OCH3 is 1. The third-order valence-corrected chi connectivity index (χ3v) is 6.63. The Bertz CT molecular complexity index is 1090. The summed E-state index contributed by atoms with van der Waals surface area (Å²) < 4.78 is 31.4. The first-order valence-corrected chi connectivity index (χ1v) is 13.2. The number of hydrogen-bond acceptors (Lipinski definition) is 5. The van der Waals surface area contributed by atoms with Gasteiger partial charge in [-0.1, -0.05) is 43.1 Å². The molecule has 0 saturated heterocycles. The summed E-state index contributed by atoms with van der Waals surface area (Å²) >= 11 is 6.11. The molecule has 0 spiro atoms. The monoisotopic (exact) mass is 509 g/mol. The van der Waals surface area contributed by atoms with Crippen molar-refractivity contribution in [2.75, 3.05) is 30.8 Å². The first-order chi connectivity index (χ1) is 16.1. The average Bonchev–Trinajstić information content (AvgIpc) is 2.79. The lowest BCUT2D eigenvalue weighted by atomic mass is 10.1. The van der Waals surface area contributed by atoms with Crippen molar-refractivity contribution in [1.29, 1.82) is 0 Å². The normalized spacial score (nSPS) is 12.0. The molecule has 10 heteroatoms. The van der Waals surface area contributed by atoms with Crippen LogP contribution in [0.2, 0.25) is 5.02 Å². The van der Waals surface area contributed by atoms with Crippen molar-refractivity contribution >= 4 is 39.1 Å². The number of carbonyl (C=O) groups is 2.